The highest BCUT2D eigenvalue weighted by atomic mass is 16.5. The molecule has 0 aliphatic carbocycles. The predicted octanol–water partition coefficient (Wildman–Crippen LogP) is 1.92. The second-order valence-corrected chi connectivity index (χ2v) is 3.86. The van der Waals surface area contributed by atoms with E-state index < -0.39 is 0 Å². The average molecular weight is 246 g/mol. The number of rotatable bonds is 5. The molecular formula is C15H18O3. The van der Waals surface area contributed by atoms with E-state index in [4.69, 9.17) is 5.11 Å². The Morgan fingerprint density at radius 2 is 2.17 bits per heavy atom. The van der Waals surface area contributed by atoms with Crippen LogP contribution in [0, 0.1) is 11.8 Å². The number of carbonyl (C=O) groups is 1. The van der Waals surface area contributed by atoms with Crippen LogP contribution in [0.3, 0.4) is 0 Å². The van der Waals surface area contributed by atoms with Gasteiger partial charge in [-0.15, -0.1) is 0 Å². The van der Waals surface area contributed by atoms with Crippen LogP contribution in [-0.4, -0.2) is 24.8 Å². The third kappa shape index (κ3) is 5.03. The quantitative estimate of drug-likeness (QED) is 0.490. The molecule has 0 atom stereocenters. The summed E-state index contributed by atoms with van der Waals surface area (Å²) < 4.78 is 4.62. The summed E-state index contributed by atoms with van der Waals surface area (Å²) in [6.45, 7) is 0.165. The number of hydrogen-bond acceptors (Lipinski definition) is 3. The van der Waals surface area contributed by atoms with Crippen molar-refractivity contribution in [2.75, 3.05) is 13.7 Å². The van der Waals surface area contributed by atoms with Gasteiger partial charge in [-0.3, -0.25) is 4.79 Å². The van der Waals surface area contributed by atoms with E-state index in [-0.39, 0.29) is 12.6 Å². The Balaban J connectivity index is 2.66. The van der Waals surface area contributed by atoms with E-state index >= 15 is 0 Å². The molecule has 0 saturated heterocycles. The predicted molar refractivity (Wildman–Crippen MR) is 70.0 cm³/mol. The highest BCUT2D eigenvalue weighted by molar-refractivity contribution is 5.69. The Labute approximate surface area is 108 Å². The molecule has 1 aromatic rings. The van der Waals surface area contributed by atoms with Crippen LogP contribution in [0.2, 0.25) is 0 Å². The van der Waals surface area contributed by atoms with Gasteiger partial charge in [-0.25, -0.2) is 0 Å². The number of unbranched alkanes of at least 4 members (excludes halogenated alkanes) is 1. The summed E-state index contributed by atoms with van der Waals surface area (Å²) in [4.78, 5) is 11.1. The molecule has 1 N–H and O–H groups in total. The topological polar surface area (TPSA) is 46.5 Å². The molecule has 0 amide bonds. The molecule has 0 saturated carbocycles. The maximum atomic E-state index is 11.1. The van der Waals surface area contributed by atoms with Gasteiger partial charge >= 0.3 is 5.97 Å². The van der Waals surface area contributed by atoms with Gasteiger partial charge in [0.15, 0.2) is 0 Å². The maximum Gasteiger partial charge on any atom is 0.305 e. The molecule has 0 bridgehead atoms. The van der Waals surface area contributed by atoms with Gasteiger partial charge in [0.25, 0.3) is 0 Å². The van der Waals surface area contributed by atoms with Crippen LogP contribution < -0.4 is 0 Å². The molecule has 0 spiro atoms. The molecule has 0 aromatic heterocycles. The first kappa shape index (κ1) is 14.3. The van der Waals surface area contributed by atoms with E-state index in [9.17, 15) is 4.79 Å². The van der Waals surface area contributed by atoms with E-state index in [0.29, 0.717) is 25.7 Å². The van der Waals surface area contributed by atoms with Crippen molar-refractivity contribution in [2.24, 2.45) is 0 Å². The number of hydrogen-bond donors (Lipinski definition) is 1. The van der Waals surface area contributed by atoms with E-state index in [0.717, 1.165) is 11.1 Å². The number of methoxy groups -OCH3 is 1. The van der Waals surface area contributed by atoms with Gasteiger partial charge < -0.3 is 9.84 Å². The lowest BCUT2D eigenvalue weighted by Gasteiger charge is -2.03. The van der Waals surface area contributed by atoms with E-state index in [2.05, 4.69) is 16.6 Å². The van der Waals surface area contributed by atoms with Gasteiger partial charge in [-0.2, -0.15) is 0 Å². The summed E-state index contributed by atoms with van der Waals surface area (Å²) in [6.07, 6.45) is 2.38. The fourth-order valence-electron chi connectivity index (χ4n) is 1.52. The van der Waals surface area contributed by atoms with Gasteiger partial charge in [0.05, 0.1) is 7.11 Å². The molecular weight excluding hydrogens is 228 g/mol. The number of ether oxygens (including phenoxy) is 1. The van der Waals surface area contributed by atoms with E-state index in [1.807, 2.05) is 24.3 Å². The van der Waals surface area contributed by atoms with Crippen LogP contribution in [-0.2, 0) is 16.0 Å². The van der Waals surface area contributed by atoms with Crippen molar-refractivity contribution in [3.63, 3.8) is 0 Å². The van der Waals surface area contributed by atoms with Crippen LogP contribution in [0.25, 0.3) is 0 Å². The first-order valence-electron chi connectivity index (χ1n) is 6.02. The van der Waals surface area contributed by atoms with Gasteiger partial charge in [0.2, 0.25) is 0 Å². The zero-order valence-corrected chi connectivity index (χ0v) is 10.6. The van der Waals surface area contributed by atoms with Crippen molar-refractivity contribution in [2.45, 2.75) is 25.7 Å². The third-order valence-corrected chi connectivity index (χ3v) is 2.53. The Bertz CT molecular complexity index is 441. The van der Waals surface area contributed by atoms with Crippen molar-refractivity contribution in [3.05, 3.63) is 35.4 Å². The molecule has 1 aromatic carbocycles. The maximum absolute atomic E-state index is 11.1. The van der Waals surface area contributed by atoms with Crippen molar-refractivity contribution in [1.29, 1.82) is 0 Å². The third-order valence-electron chi connectivity index (χ3n) is 2.53. The lowest BCUT2D eigenvalue weighted by Crippen LogP contribution is -2.02. The zero-order chi connectivity index (χ0) is 13.2. The minimum Gasteiger partial charge on any atom is -0.469 e. The fraction of sp³-hybridized carbons (Fsp3) is 0.400. The molecule has 0 radical (unpaired) electrons. The minimum absolute atomic E-state index is 0.165. The monoisotopic (exact) mass is 246 g/mol. The molecule has 3 heteroatoms. The van der Waals surface area contributed by atoms with Crippen molar-refractivity contribution >= 4 is 5.97 Å². The standard InChI is InChI=1S/C15H18O3/c1-18-15(17)11-10-14-9-5-4-8-13(14)7-3-2-6-12-16/h4-5,8-9,16H,2,6,10-12H2,1H3. The summed E-state index contributed by atoms with van der Waals surface area (Å²) in [6, 6.07) is 7.78. The molecule has 0 fully saturated rings. The second-order valence-electron chi connectivity index (χ2n) is 3.86. The van der Waals surface area contributed by atoms with E-state index in [1.165, 1.54) is 7.11 Å². The van der Waals surface area contributed by atoms with Gasteiger partial charge in [-0.05, 0) is 24.5 Å². The number of aryl methyl sites for hydroxylation is 1. The highest BCUT2D eigenvalue weighted by Crippen LogP contribution is 2.10. The molecule has 0 heterocycles. The van der Waals surface area contributed by atoms with Gasteiger partial charge in [-0.1, -0.05) is 30.0 Å². The van der Waals surface area contributed by atoms with Crippen LogP contribution in [0.5, 0.6) is 0 Å². The summed E-state index contributed by atoms with van der Waals surface area (Å²) in [5.74, 6) is 5.88. The smallest absolute Gasteiger partial charge is 0.305 e. The number of benzene rings is 1. The Morgan fingerprint density at radius 3 is 2.89 bits per heavy atom. The summed E-state index contributed by atoms with van der Waals surface area (Å²) in [5.41, 5.74) is 2.00. The number of carbonyl (C=O) groups excluding carboxylic acids is 1. The van der Waals surface area contributed by atoms with Gasteiger partial charge in [0.1, 0.15) is 0 Å². The molecule has 96 valence electrons. The lowest BCUT2D eigenvalue weighted by molar-refractivity contribution is -0.140. The average Bonchev–Trinajstić information content (AvgIpc) is 2.42. The first-order valence-corrected chi connectivity index (χ1v) is 6.02. The SMILES string of the molecule is COC(=O)CCc1ccccc1C#CCCCO. The van der Waals surface area contributed by atoms with Crippen LogP contribution >= 0.6 is 0 Å². The normalized spacial score (nSPS) is 9.44. The van der Waals surface area contributed by atoms with E-state index in [1.54, 1.807) is 0 Å². The summed E-state index contributed by atoms with van der Waals surface area (Å²) >= 11 is 0. The van der Waals surface area contributed by atoms with Crippen molar-refractivity contribution in [1.82, 2.24) is 0 Å². The van der Waals surface area contributed by atoms with Crippen molar-refractivity contribution < 1.29 is 14.6 Å². The molecule has 3 nitrogen and oxygen atoms in total. The molecule has 18 heavy (non-hydrogen) atoms. The molecule has 0 unspecified atom stereocenters. The molecule has 1 rings (SSSR count). The Kier molecular flexibility index (Phi) is 6.60. The molecule has 0 aliphatic rings. The Hall–Kier alpha value is -1.79. The second kappa shape index (κ2) is 8.32. The number of esters is 1. The fourth-order valence-corrected chi connectivity index (χ4v) is 1.52. The van der Waals surface area contributed by atoms with Crippen LogP contribution in [0.15, 0.2) is 24.3 Å². The first-order chi connectivity index (χ1) is 8.77. The number of aliphatic hydroxyl groups is 1. The molecule has 0 aliphatic heterocycles. The lowest BCUT2D eigenvalue weighted by atomic mass is 10.0. The largest absolute Gasteiger partial charge is 0.469 e. The van der Waals surface area contributed by atoms with Crippen LogP contribution in [0.1, 0.15) is 30.4 Å². The van der Waals surface area contributed by atoms with Crippen molar-refractivity contribution in [3.8, 4) is 11.8 Å². The Morgan fingerprint density at radius 1 is 1.39 bits per heavy atom. The zero-order valence-electron chi connectivity index (χ0n) is 10.6. The highest BCUT2D eigenvalue weighted by Gasteiger charge is 2.04. The summed E-state index contributed by atoms with van der Waals surface area (Å²) in [5, 5.41) is 8.67. The van der Waals surface area contributed by atoms with Gasteiger partial charge in [0, 0.05) is 25.0 Å². The van der Waals surface area contributed by atoms with Crippen LogP contribution in [0.4, 0.5) is 0 Å². The minimum atomic E-state index is -0.210. The summed E-state index contributed by atoms with van der Waals surface area (Å²) in [7, 11) is 1.39. The number of aliphatic hydroxyl groups excluding tert-OH is 1.